The largest absolute Gasteiger partial charge is 0.381 e. The van der Waals surface area contributed by atoms with E-state index in [-0.39, 0.29) is 0 Å². The molecule has 21 heavy (non-hydrogen) atoms. The van der Waals surface area contributed by atoms with Gasteiger partial charge in [-0.1, -0.05) is 27.7 Å². The summed E-state index contributed by atoms with van der Waals surface area (Å²) in [7, 11) is 0. The van der Waals surface area contributed by atoms with Crippen molar-refractivity contribution in [1.82, 2.24) is 10.2 Å². The topological polar surface area (TPSA) is 24.5 Å². The van der Waals surface area contributed by atoms with E-state index >= 15 is 0 Å². The lowest BCUT2D eigenvalue weighted by molar-refractivity contribution is 0.0731. The van der Waals surface area contributed by atoms with Crippen molar-refractivity contribution in [3.8, 4) is 0 Å². The first-order valence-corrected chi connectivity index (χ1v) is 9.13. The lowest BCUT2D eigenvalue weighted by Gasteiger charge is -2.39. The van der Waals surface area contributed by atoms with Crippen LogP contribution in [0.3, 0.4) is 0 Å². The van der Waals surface area contributed by atoms with Gasteiger partial charge in [-0.15, -0.1) is 0 Å². The third kappa shape index (κ3) is 5.22. The molecule has 0 bridgehead atoms. The van der Waals surface area contributed by atoms with Crippen molar-refractivity contribution >= 4 is 0 Å². The first kappa shape index (κ1) is 17.2. The molecule has 1 N–H and O–H groups in total. The lowest BCUT2D eigenvalue weighted by Crippen LogP contribution is -2.49. The minimum Gasteiger partial charge on any atom is -0.381 e. The van der Waals surface area contributed by atoms with Gasteiger partial charge in [0.2, 0.25) is 0 Å². The summed E-state index contributed by atoms with van der Waals surface area (Å²) >= 11 is 0. The van der Waals surface area contributed by atoms with Gasteiger partial charge in [0, 0.05) is 43.7 Å². The van der Waals surface area contributed by atoms with Gasteiger partial charge in [-0.25, -0.2) is 0 Å². The maximum Gasteiger partial charge on any atom is 0.0547 e. The van der Waals surface area contributed by atoms with Gasteiger partial charge in [0.1, 0.15) is 0 Å². The summed E-state index contributed by atoms with van der Waals surface area (Å²) in [5.41, 5.74) is 0.347. The van der Waals surface area contributed by atoms with Gasteiger partial charge in [-0.05, 0) is 38.0 Å². The van der Waals surface area contributed by atoms with Crippen LogP contribution in [-0.2, 0) is 4.74 Å². The summed E-state index contributed by atoms with van der Waals surface area (Å²) in [6.07, 6.45) is 6.49. The zero-order valence-corrected chi connectivity index (χ0v) is 14.7. The van der Waals surface area contributed by atoms with E-state index in [9.17, 15) is 0 Å². The molecule has 1 aliphatic carbocycles. The molecule has 1 unspecified atom stereocenters. The van der Waals surface area contributed by atoms with E-state index in [0.717, 1.165) is 37.8 Å². The standard InChI is InChI=1S/C18H36N2O/c1-5-17(6-2)20(11-15(3)4)13-18(9-10-21-14-18)12-19-16-7-8-16/h15-17,19H,5-14H2,1-4H3. The Bertz CT molecular complexity index is 292. The van der Waals surface area contributed by atoms with Crippen LogP contribution in [0, 0.1) is 11.3 Å². The first-order chi connectivity index (χ1) is 10.1. The first-order valence-electron chi connectivity index (χ1n) is 9.13. The lowest BCUT2D eigenvalue weighted by atomic mass is 9.85. The predicted octanol–water partition coefficient (Wildman–Crippen LogP) is 3.29. The van der Waals surface area contributed by atoms with Crippen molar-refractivity contribution in [3.63, 3.8) is 0 Å². The number of hydrogen-bond acceptors (Lipinski definition) is 3. The second-order valence-corrected chi connectivity index (χ2v) is 7.75. The van der Waals surface area contributed by atoms with E-state index in [0.29, 0.717) is 5.41 Å². The average molecular weight is 296 g/mol. The van der Waals surface area contributed by atoms with Crippen molar-refractivity contribution in [1.29, 1.82) is 0 Å². The third-order valence-electron chi connectivity index (χ3n) is 5.13. The van der Waals surface area contributed by atoms with Gasteiger partial charge in [0.05, 0.1) is 6.61 Å². The quantitative estimate of drug-likeness (QED) is 0.669. The second kappa shape index (κ2) is 7.94. The summed E-state index contributed by atoms with van der Waals surface area (Å²) in [6.45, 7) is 14.8. The molecule has 0 spiro atoms. The Balaban J connectivity index is 1.98. The number of nitrogens with zero attached hydrogens (tertiary/aromatic N) is 1. The molecular weight excluding hydrogens is 260 g/mol. The smallest absolute Gasteiger partial charge is 0.0547 e. The Kier molecular flexibility index (Phi) is 6.51. The number of ether oxygens (including phenoxy) is 1. The van der Waals surface area contributed by atoms with Crippen molar-refractivity contribution in [2.24, 2.45) is 11.3 Å². The molecule has 0 aromatic heterocycles. The molecule has 0 aromatic carbocycles. The molecule has 1 saturated heterocycles. The van der Waals surface area contributed by atoms with Gasteiger partial charge in [0.15, 0.2) is 0 Å². The Morgan fingerprint density at radius 2 is 1.95 bits per heavy atom. The van der Waals surface area contributed by atoms with Crippen LogP contribution in [0.15, 0.2) is 0 Å². The van der Waals surface area contributed by atoms with Gasteiger partial charge >= 0.3 is 0 Å². The Hall–Kier alpha value is -0.120. The third-order valence-corrected chi connectivity index (χ3v) is 5.13. The molecule has 3 nitrogen and oxygen atoms in total. The number of hydrogen-bond donors (Lipinski definition) is 1. The van der Waals surface area contributed by atoms with Gasteiger partial charge < -0.3 is 10.1 Å². The van der Waals surface area contributed by atoms with Crippen LogP contribution in [0.25, 0.3) is 0 Å². The van der Waals surface area contributed by atoms with Gasteiger partial charge in [0.25, 0.3) is 0 Å². The summed E-state index contributed by atoms with van der Waals surface area (Å²) < 4.78 is 5.80. The molecule has 3 heteroatoms. The highest BCUT2D eigenvalue weighted by molar-refractivity contribution is 4.93. The van der Waals surface area contributed by atoms with Crippen LogP contribution < -0.4 is 5.32 Å². The highest BCUT2D eigenvalue weighted by Gasteiger charge is 2.39. The van der Waals surface area contributed by atoms with E-state index in [1.54, 1.807) is 0 Å². The summed E-state index contributed by atoms with van der Waals surface area (Å²) in [4.78, 5) is 2.76. The van der Waals surface area contributed by atoms with E-state index in [1.165, 1.54) is 45.2 Å². The molecule has 124 valence electrons. The number of nitrogens with one attached hydrogen (secondary N) is 1. The highest BCUT2D eigenvalue weighted by atomic mass is 16.5. The van der Waals surface area contributed by atoms with Gasteiger partial charge in [-0.3, -0.25) is 4.90 Å². The van der Waals surface area contributed by atoms with Crippen molar-refractivity contribution < 1.29 is 4.74 Å². The minimum absolute atomic E-state index is 0.347. The summed E-state index contributed by atoms with van der Waals surface area (Å²) in [5, 5.41) is 3.77. The van der Waals surface area contributed by atoms with Crippen LogP contribution in [-0.4, -0.2) is 49.8 Å². The van der Waals surface area contributed by atoms with Crippen molar-refractivity contribution in [3.05, 3.63) is 0 Å². The fraction of sp³-hybridized carbons (Fsp3) is 1.00. The fourth-order valence-electron chi connectivity index (χ4n) is 3.67. The Morgan fingerprint density at radius 3 is 2.43 bits per heavy atom. The van der Waals surface area contributed by atoms with Crippen LogP contribution in [0.4, 0.5) is 0 Å². The van der Waals surface area contributed by atoms with Crippen molar-refractivity contribution in [2.75, 3.05) is 32.8 Å². The van der Waals surface area contributed by atoms with E-state index in [2.05, 4.69) is 37.9 Å². The molecule has 2 rings (SSSR count). The monoisotopic (exact) mass is 296 g/mol. The molecule has 1 heterocycles. The van der Waals surface area contributed by atoms with Crippen LogP contribution in [0.2, 0.25) is 0 Å². The van der Waals surface area contributed by atoms with Gasteiger partial charge in [-0.2, -0.15) is 0 Å². The molecule has 1 atom stereocenters. The number of rotatable bonds is 10. The fourth-order valence-corrected chi connectivity index (χ4v) is 3.67. The predicted molar refractivity (Wildman–Crippen MR) is 89.7 cm³/mol. The van der Waals surface area contributed by atoms with Crippen molar-refractivity contribution in [2.45, 2.75) is 71.9 Å². The second-order valence-electron chi connectivity index (χ2n) is 7.75. The van der Waals surface area contributed by atoms with Crippen LogP contribution in [0.1, 0.15) is 59.8 Å². The molecule has 1 saturated carbocycles. The summed E-state index contributed by atoms with van der Waals surface area (Å²) in [6, 6.07) is 1.53. The average Bonchev–Trinajstić information content (AvgIpc) is 3.17. The Labute approximate surface area is 131 Å². The van der Waals surface area contributed by atoms with E-state index < -0.39 is 0 Å². The minimum atomic E-state index is 0.347. The maximum absolute atomic E-state index is 5.80. The van der Waals surface area contributed by atoms with E-state index in [1.807, 2.05) is 0 Å². The highest BCUT2D eigenvalue weighted by Crippen LogP contribution is 2.32. The molecule has 2 aliphatic rings. The summed E-state index contributed by atoms with van der Waals surface area (Å²) in [5.74, 6) is 0.737. The van der Waals surface area contributed by atoms with E-state index in [4.69, 9.17) is 4.74 Å². The SMILES string of the molecule is CCC(CC)N(CC(C)C)CC1(CNC2CC2)CCOC1. The normalized spacial score (nSPS) is 26.4. The zero-order chi connectivity index (χ0) is 15.3. The van der Waals surface area contributed by atoms with Crippen LogP contribution >= 0.6 is 0 Å². The molecule has 0 aromatic rings. The molecule has 0 radical (unpaired) electrons. The maximum atomic E-state index is 5.80. The Morgan fingerprint density at radius 1 is 1.24 bits per heavy atom. The molecule has 2 fully saturated rings. The molecule has 0 amide bonds. The molecule has 1 aliphatic heterocycles. The van der Waals surface area contributed by atoms with Crippen LogP contribution in [0.5, 0.6) is 0 Å². The molecular formula is C18H36N2O. The zero-order valence-electron chi connectivity index (χ0n) is 14.7.